The van der Waals surface area contributed by atoms with Gasteiger partial charge in [-0.15, -0.1) is 0 Å². The summed E-state index contributed by atoms with van der Waals surface area (Å²) in [4.78, 5) is 26.2. The van der Waals surface area contributed by atoms with Gasteiger partial charge >= 0.3 is 6.18 Å². The van der Waals surface area contributed by atoms with Gasteiger partial charge in [0.15, 0.2) is 0 Å². The molecule has 2 aliphatic rings. The molecule has 0 spiro atoms. The number of carbonyl (C=O) groups excluding carboxylic acids is 2. The van der Waals surface area contributed by atoms with Gasteiger partial charge in [0, 0.05) is 31.3 Å². The molecule has 176 valence electrons. The largest absolute Gasteiger partial charge is 0.417 e. The lowest BCUT2D eigenvalue weighted by Crippen LogP contribution is -2.38. The smallest absolute Gasteiger partial charge is 0.391 e. The monoisotopic (exact) mass is 468 g/mol. The number of aliphatic hydroxyl groups is 1. The third-order valence-corrected chi connectivity index (χ3v) is 5.98. The highest BCUT2D eigenvalue weighted by Crippen LogP contribution is 2.35. The topological polar surface area (TPSA) is 69.6 Å². The van der Waals surface area contributed by atoms with Crippen molar-refractivity contribution in [1.82, 2.24) is 10.2 Å². The van der Waals surface area contributed by atoms with Crippen LogP contribution >= 0.6 is 0 Å². The van der Waals surface area contributed by atoms with Gasteiger partial charge in [-0.05, 0) is 54.5 Å². The predicted octanol–water partition coefficient (Wildman–Crippen LogP) is 3.68. The van der Waals surface area contributed by atoms with Crippen LogP contribution in [-0.4, -0.2) is 41.0 Å². The fourth-order valence-electron chi connectivity index (χ4n) is 3.99. The first-order valence-electron chi connectivity index (χ1n) is 10.5. The van der Waals surface area contributed by atoms with E-state index in [1.54, 1.807) is 12.1 Å². The summed E-state index contributed by atoms with van der Waals surface area (Å²) in [6, 6.07) is 5.11. The molecule has 0 saturated heterocycles. The summed E-state index contributed by atoms with van der Waals surface area (Å²) in [5, 5.41) is 12.6. The molecule has 1 aliphatic heterocycles. The first-order valence-corrected chi connectivity index (χ1v) is 10.5. The molecule has 4 rings (SSSR count). The number of hydrogen-bond acceptors (Lipinski definition) is 3. The van der Waals surface area contributed by atoms with Crippen LogP contribution in [0.5, 0.6) is 0 Å². The summed E-state index contributed by atoms with van der Waals surface area (Å²) < 4.78 is 67.5. The molecule has 0 bridgehead atoms. The molecule has 2 aromatic rings. The third kappa shape index (κ3) is 5.00. The maximum Gasteiger partial charge on any atom is 0.417 e. The van der Waals surface area contributed by atoms with Crippen LogP contribution in [0.4, 0.5) is 22.0 Å². The molecule has 10 heteroatoms. The van der Waals surface area contributed by atoms with Gasteiger partial charge in [-0.25, -0.2) is 8.78 Å². The Kier molecular flexibility index (Phi) is 6.13. The summed E-state index contributed by atoms with van der Waals surface area (Å²) in [5.74, 6) is -4.31. The predicted molar refractivity (Wildman–Crippen MR) is 107 cm³/mol. The lowest BCUT2D eigenvalue weighted by atomic mass is 9.95. The molecule has 0 radical (unpaired) electrons. The van der Waals surface area contributed by atoms with E-state index in [9.17, 15) is 36.6 Å². The molecule has 1 aliphatic carbocycles. The number of alkyl halides is 3. The molecule has 1 saturated carbocycles. The van der Waals surface area contributed by atoms with Crippen molar-refractivity contribution in [2.75, 3.05) is 13.1 Å². The van der Waals surface area contributed by atoms with Crippen LogP contribution in [0.15, 0.2) is 30.3 Å². The van der Waals surface area contributed by atoms with Gasteiger partial charge in [0.2, 0.25) is 0 Å². The van der Waals surface area contributed by atoms with Crippen LogP contribution in [0.25, 0.3) is 0 Å². The molecule has 33 heavy (non-hydrogen) atoms. The van der Waals surface area contributed by atoms with Crippen molar-refractivity contribution in [3.8, 4) is 0 Å². The molecule has 0 aromatic heterocycles. The Morgan fingerprint density at radius 1 is 1.12 bits per heavy atom. The number of nitrogens with zero attached hydrogens (tertiary/aromatic N) is 1. The lowest BCUT2D eigenvalue weighted by molar-refractivity contribution is -0.138. The number of rotatable bonds is 5. The van der Waals surface area contributed by atoms with E-state index in [4.69, 9.17) is 0 Å². The Hall–Kier alpha value is -3.01. The zero-order valence-electron chi connectivity index (χ0n) is 17.4. The summed E-state index contributed by atoms with van der Waals surface area (Å²) in [7, 11) is 0. The van der Waals surface area contributed by atoms with E-state index in [-0.39, 0.29) is 50.0 Å². The van der Waals surface area contributed by atoms with Crippen LogP contribution < -0.4 is 5.32 Å². The van der Waals surface area contributed by atoms with E-state index >= 15 is 0 Å². The molecular weight excluding hydrogens is 447 g/mol. The minimum atomic E-state index is -5.10. The molecule has 1 fully saturated rings. The standard InChI is InChI=1S/C23H21F5N2O3/c24-16-8-17(23(26,27)28)20(18(25)9-16)22(33)30-6-5-13-7-14(3-4-15(13)11-30)21(32)29-10-19(31)12-1-2-12/h3-4,7-9,12,19,31H,1-2,5-6,10-11H2,(H,29,32). The van der Waals surface area contributed by atoms with Gasteiger partial charge in [0.1, 0.15) is 11.6 Å². The van der Waals surface area contributed by atoms with Crippen molar-refractivity contribution in [2.24, 2.45) is 5.92 Å². The highest BCUT2D eigenvalue weighted by molar-refractivity contribution is 5.97. The second kappa shape index (κ2) is 8.74. The molecule has 2 amide bonds. The van der Waals surface area contributed by atoms with Crippen LogP contribution in [0, 0.1) is 17.6 Å². The highest BCUT2D eigenvalue weighted by atomic mass is 19.4. The van der Waals surface area contributed by atoms with Crippen molar-refractivity contribution < 1.29 is 36.6 Å². The van der Waals surface area contributed by atoms with Crippen LogP contribution in [-0.2, 0) is 19.1 Å². The number of carbonyl (C=O) groups is 2. The minimum Gasteiger partial charge on any atom is -0.391 e. The van der Waals surface area contributed by atoms with Crippen LogP contribution in [0.3, 0.4) is 0 Å². The summed E-state index contributed by atoms with van der Waals surface area (Å²) in [6.45, 7) is 0.0730. The Balaban J connectivity index is 1.49. The van der Waals surface area contributed by atoms with Gasteiger partial charge in [0.25, 0.3) is 11.8 Å². The third-order valence-electron chi connectivity index (χ3n) is 5.98. The average molecular weight is 468 g/mol. The summed E-state index contributed by atoms with van der Waals surface area (Å²) >= 11 is 0. The number of halogens is 5. The number of aliphatic hydroxyl groups excluding tert-OH is 1. The second-order valence-electron chi connectivity index (χ2n) is 8.38. The van der Waals surface area contributed by atoms with Crippen molar-refractivity contribution in [2.45, 2.75) is 38.1 Å². The molecule has 2 N–H and O–H groups in total. The average Bonchev–Trinajstić information content (AvgIpc) is 3.60. The quantitative estimate of drug-likeness (QED) is 0.658. The fraction of sp³-hybridized carbons (Fsp3) is 0.391. The van der Waals surface area contributed by atoms with Gasteiger partial charge < -0.3 is 15.3 Å². The number of amides is 2. The van der Waals surface area contributed by atoms with Gasteiger partial charge in [-0.1, -0.05) is 6.07 Å². The minimum absolute atomic E-state index is 0.00537. The van der Waals surface area contributed by atoms with Crippen LogP contribution in [0.2, 0.25) is 0 Å². The molecule has 1 unspecified atom stereocenters. The maximum atomic E-state index is 14.2. The molecule has 1 heterocycles. The van der Waals surface area contributed by atoms with Crippen molar-refractivity contribution in [3.63, 3.8) is 0 Å². The zero-order valence-corrected chi connectivity index (χ0v) is 17.4. The number of hydrogen-bond donors (Lipinski definition) is 2. The van der Waals surface area contributed by atoms with Crippen LogP contribution in [0.1, 0.15) is 50.2 Å². The Labute approximate surface area is 186 Å². The first-order chi connectivity index (χ1) is 15.5. The van der Waals surface area contributed by atoms with Gasteiger partial charge in [-0.3, -0.25) is 9.59 Å². The number of benzene rings is 2. The molecule has 5 nitrogen and oxygen atoms in total. The Bertz CT molecular complexity index is 1100. The SMILES string of the molecule is O=C(NCC(O)C1CC1)c1ccc2c(c1)CCN(C(=O)c1c(F)cc(F)cc1C(F)(F)F)C2. The summed E-state index contributed by atoms with van der Waals surface area (Å²) in [5.41, 5.74) is -1.15. The molecule has 1 atom stereocenters. The fourth-order valence-corrected chi connectivity index (χ4v) is 3.99. The Morgan fingerprint density at radius 2 is 1.85 bits per heavy atom. The number of fused-ring (bicyclic) bond motifs is 1. The van der Waals surface area contributed by atoms with E-state index in [1.165, 1.54) is 6.07 Å². The van der Waals surface area contributed by atoms with E-state index in [0.717, 1.165) is 23.3 Å². The van der Waals surface area contributed by atoms with Crippen molar-refractivity contribution >= 4 is 11.8 Å². The number of nitrogens with one attached hydrogen (secondary N) is 1. The van der Waals surface area contributed by atoms with E-state index in [1.807, 2.05) is 0 Å². The molecular formula is C23H21F5N2O3. The lowest BCUT2D eigenvalue weighted by Gasteiger charge is -2.30. The second-order valence-corrected chi connectivity index (χ2v) is 8.38. The Morgan fingerprint density at radius 3 is 2.52 bits per heavy atom. The molecule has 2 aromatic carbocycles. The normalized spacial score (nSPS) is 16.8. The first kappa shape index (κ1) is 23.2. The summed E-state index contributed by atoms with van der Waals surface area (Å²) in [6.07, 6.45) is -3.55. The van der Waals surface area contributed by atoms with Gasteiger partial charge in [-0.2, -0.15) is 13.2 Å². The maximum absolute atomic E-state index is 14.2. The van der Waals surface area contributed by atoms with Crippen molar-refractivity contribution in [1.29, 1.82) is 0 Å². The zero-order chi connectivity index (χ0) is 23.9. The van der Waals surface area contributed by atoms with E-state index < -0.39 is 40.9 Å². The van der Waals surface area contributed by atoms with E-state index in [2.05, 4.69) is 5.32 Å². The van der Waals surface area contributed by atoms with Crippen molar-refractivity contribution in [3.05, 3.63) is 69.8 Å². The van der Waals surface area contributed by atoms with E-state index in [0.29, 0.717) is 11.1 Å². The highest BCUT2D eigenvalue weighted by Gasteiger charge is 2.39. The van der Waals surface area contributed by atoms with Gasteiger partial charge in [0.05, 0.1) is 17.2 Å².